The molecule has 0 radical (unpaired) electrons. The van der Waals surface area contributed by atoms with Crippen LogP contribution in [0.1, 0.15) is 35.8 Å². The molecule has 8 heteroatoms. The number of carbonyl (C=O) groups excluding carboxylic acids is 1. The summed E-state index contributed by atoms with van der Waals surface area (Å²) in [5.41, 5.74) is 1.42. The molecular weight excluding hydrogens is 390 g/mol. The number of amides is 1. The molecule has 0 aromatic heterocycles. The molecule has 1 atom stereocenters. The third kappa shape index (κ3) is 6.28. The topological polar surface area (TPSA) is 87.7 Å². The van der Waals surface area contributed by atoms with Crippen LogP contribution in [-0.4, -0.2) is 53.0 Å². The van der Waals surface area contributed by atoms with Crippen molar-refractivity contribution >= 4 is 15.9 Å². The third-order valence-corrected chi connectivity index (χ3v) is 6.05. The lowest BCUT2D eigenvalue weighted by Crippen LogP contribution is -2.34. The van der Waals surface area contributed by atoms with Gasteiger partial charge in [0, 0.05) is 18.2 Å². The summed E-state index contributed by atoms with van der Waals surface area (Å²) >= 11 is 0. The fourth-order valence-electron chi connectivity index (χ4n) is 2.90. The third-order valence-electron chi connectivity index (χ3n) is 4.38. The number of nitrogens with zero attached hydrogens (tertiary/aromatic N) is 1. The molecule has 2 N–H and O–H groups in total. The second-order valence-electron chi connectivity index (χ2n) is 7.27. The molecule has 1 unspecified atom stereocenters. The molecule has 0 aliphatic rings. The Hall–Kier alpha value is -2.42. The van der Waals surface area contributed by atoms with Gasteiger partial charge in [0.1, 0.15) is 5.75 Å². The number of carbonyl (C=O) groups is 1. The van der Waals surface area contributed by atoms with Gasteiger partial charge in [-0.1, -0.05) is 12.1 Å². The summed E-state index contributed by atoms with van der Waals surface area (Å²) in [5.74, 6) is 0.494. The normalized spacial score (nSPS) is 12.8. The van der Waals surface area contributed by atoms with Gasteiger partial charge in [0.2, 0.25) is 10.0 Å². The second-order valence-corrected chi connectivity index (χ2v) is 8.98. The van der Waals surface area contributed by atoms with Gasteiger partial charge in [-0.2, -0.15) is 0 Å². The SMILES string of the molecule is COc1cccc(C(CNC(=O)c2ccc(S(=O)(=O)NC(C)C)cc2)N(C)C)c1. The van der Waals surface area contributed by atoms with Gasteiger partial charge in [-0.3, -0.25) is 4.79 Å². The average Bonchev–Trinajstić information content (AvgIpc) is 2.67. The summed E-state index contributed by atoms with van der Waals surface area (Å²) in [6.45, 7) is 3.90. The van der Waals surface area contributed by atoms with E-state index in [0.29, 0.717) is 12.1 Å². The lowest BCUT2D eigenvalue weighted by Gasteiger charge is -2.25. The molecule has 29 heavy (non-hydrogen) atoms. The maximum absolute atomic E-state index is 12.5. The lowest BCUT2D eigenvalue weighted by atomic mass is 10.1. The van der Waals surface area contributed by atoms with E-state index in [2.05, 4.69) is 10.0 Å². The van der Waals surface area contributed by atoms with Gasteiger partial charge in [-0.15, -0.1) is 0 Å². The summed E-state index contributed by atoms with van der Waals surface area (Å²) in [5, 5.41) is 2.92. The summed E-state index contributed by atoms with van der Waals surface area (Å²) in [6, 6.07) is 13.4. The van der Waals surface area contributed by atoms with Crippen LogP contribution in [-0.2, 0) is 10.0 Å². The predicted molar refractivity (Wildman–Crippen MR) is 114 cm³/mol. The van der Waals surface area contributed by atoms with Crippen LogP contribution in [0.15, 0.2) is 53.4 Å². The molecule has 2 rings (SSSR count). The van der Waals surface area contributed by atoms with Crippen LogP contribution >= 0.6 is 0 Å². The highest BCUT2D eigenvalue weighted by molar-refractivity contribution is 7.89. The number of sulfonamides is 1. The first-order valence-electron chi connectivity index (χ1n) is 9.35. The molecule has 0 spiro atoms. The largest absolute Gasteiger partial charge is 0.497 e. The predicted octanol–water partition coefficient (Wildman–Crippen LogP) is 2.41. The molecule has 2 aromatic rings. The summed E-state index contributed by atoms with van der Waals surface area (Å²) in [4.78, 5) is 14.7. The smallest absolute Gasteiger partial charge is 0.251 e. The number of ether oxygens (including phenoxy) is 1. The van der Waals surface area contributed by atoms with Crippen LogP contribution in [0.3, 0.4) is 0 Å². The molecule has 2 aromatic carbocycles. The molecule has 0 saturated carbocycles. The maximum Gasteiger partial charge on any atom is 0.251 e. The number of hydrogen-bond donors (Lipinski definition) is 2. The van der Waals surface area contributed by atoms with Crippen molar-refractivity contribution in [3.8, 4) is 5.75 Å². The molecule has 7 nitrogen and oxygen atoms in total. The number of benzene rings is 2. The molecule has 0 aliphatic heterocycles. The highest BCUT2D eigenvalue weighted by Gasteiger charge is 2.18. The first-order chi connectivity index (χ1) is 13.6. The zero-order valence-corrected chi connectivity index (χ0v) is 18.3. The van der Waals surface area contributed by atoms with E-state index in [1.165, 1.54) is 24.3 Å². The second kappa shape index (κ2) is 9.87. The van der Waals surface area contributed by atoms with Crippen LogP contribution in [0.4, 0.5) is 0 Å². The lowest BCUT2D eigenvalue weighted by molar-refractivity contribution is 0.0942. The Morgan fingerprint density at radius 1 is 1.10 bits per heavy atom. The van der Waals surface area contributed by atoms with Crippen molar-refractivity contribution in [3.05, 3.63) is 59.7 Å². The van der Waals surface area contributed by atoms with E-state index >= 15 is 0 Å². The average molecular weight is 420 g/mol. The Balaban J connectivity index is 2.08. The number of methoxy groups -OCH3 is 1. The summed E-state index contributed by atoms with van der Waals surface area (Å²) in [6.07, 6.45) is 0. The minimum absolute atomic E-state index is 0.0380. The van der Waals surface area contributed by atoms with Crippen LogP contribution in [0.25, 0.3) is 0 Å². The molecule has 0 bridgehead atoms. The van der Waals surface area contributed by atoms with E-state index < -0.39 is 10.0 Å². The molecule has 0 aliphatic carbocycles. The zero-order chi connectivity index (χ0) is 21.6. The minimum Gasteiger partial charge on any atom is -0.497 e. The number of likely N-dealkylation sites (N-methyl/N-ethyl adjacent to an activating group) is 1. The molecule has 0 saturated heterocycles. The van der Waals surface area contributed by atoms with Gasteiger partial charge in [-0.25, -0.2) is 13.1 Å². The Morgan fingerprint density at radius 3 is 2.31 bits per heavy atom. The van der Waals surface area contributed by atoms with Crippen molar-refractivity contribution in [3.63, 3.8) is 0 Å². The standard InChI is InChI=1S/C21H29N3O4S/c1-15(2)23-29(26,27)19-11-9-16(10-12-19)21(25)22-14-20(24(3)4)17-7-6-8-18(13-17)28-5/h6-13,15,20,23H,14H2,1-5H3,(H,22,25). The van der Waals surface area contributed by atoms with Crippen molar-refractivity contribution in [2.75, 3.05) is 27.7 Å². The Kier molecular flexibility index (Phi) is 7.78. The van der Waals surface area contributed by atoms with Gasteiger partial charge >= 0.3 is 0 Å². The Morgan fingerprint density at radius 2 is 1.76 bits per heavy atom. The van der Waals surface area contributed by atoms with E-state index in [1.807, 2.05) is 43.3 Å². The van der Waals surface area contributed by atoms with Gasteiger partial charge in [0.05, 0.1) is 18.0 Å². The van der Waals surface area contributed by atoms with Crippen LogP contribution in [0, 0.1) is 0 Å². The number of hydrogen-bond acceptors (Lipinski definition) is 5. The first kappa shape index (κ1) is 22.9. The molecule has 1 amide bonds. The van der Waals surface area contributed by atoms with Crippen LogP contribution in [0.2, 0.25) is 0 Å². The quantitative estimate of drug-likeness (QED) is 0.652. The fraction of sp³-hybridized carbons (Fsp3) is 0.381. The molecule has 158 valence electrons. The van der Waals surface area contributed by atoms with Gasteiger partial charge in [-0.05, 0) is 69.9 Å². The van der Waals surface area contributed by atoms with E-state index in [4.69, 9.17) is 4.74 Å². The number of nitrogens with one attached hydrogen (secondary N) is 2. The van der Waals surface area contributed by atoms with Crippen molar-refractivity contribution in [2.24, 2.45) is 0 Å². The van der Waals surface area contributed by atoms with Crippen molar-refractivity contribution in [1.29, 1.82) is 0 Å². The van der Waals surface area contributed by atoms with E-state index in [1.54, 1.807) is 21.0 Å². The minimum atomic E-state index is -3.58. The monoisotopic (exact) mass is 419 g/mol. The van der Waals surface area contributed by atoms with Gasteiger partial charge in [0.25, 0.3) is 5.91 Å². The van der Waals surface area contributed by atoms with Crippen molar-refractivity contribution in [2.45, 2.75) is 30.8 Å². The van der Waals surface area contributed by atoms with E-state index in [-0.39, 0.29) is 22.9 Å². The van der Waals surface area contributed by atoms with Gasteiger partial charge < -0.3 is 15.0 Å². The van der Waals surface area contributed by atoms with E-state index in [9.17, 15) is 13.2 Å². The zero-order valence-electron chi connectivity index (χ0n) is 17.5. The van der Waals surface area contributed by atoms with E-state index in [0.717, 1.165) is 11.3 Å². The molecular formula is C21H29N3O4S. The maximum atomic E-state index is 12.5. The van der Waals surface area contributed by atoms with Gasteiger partial charge in [0.15, 0.2) is 0 Å². The van der Waals surface area contributed by atoms with Crippen molar-refractivity contribution < 1.29 is 17.9 Å². The summed E-state index contributed by atoms with van der Waals surface area (Å²) in [7, 11) is 1.92. The highest BCUT2D eigenvalue weighted by Crippen LogP contribution is 2.22. The Labute approximate surface area is 173 Å². The summed E-state index contributed by atoms with van der Waals surface area (Å²) < 4.78 is 32.2. The van der Waals surface area contributed by atoms with Crippen LogP contribution < -0.4 is 14.8 Å². The molecule has 0 fully saturated rings. The molecule has 0 heterocycles. The van der Waals surface area contributed by atoms with Crippen molar-refractivity contribution in [1.82, 2.24) is 14.9 Å². The van der Waals surface area contributed by atoms with Crippen LogP contribution in [0.5, 0.6) is 5.75 Å². The Bertz CT molecular complexity index is 925. The first-order valence-corrected chi connectivity index (χ1v) is 10.8. The highest BCUT2D eigenvalue weighted by atomic mass is 32.2. The number of rotatable bonds is 9. The fourth-order valence-corrected chi connectivity index (χ4v) is 4.15.